The third-order valence-corrected chi connectivity index (χ3v) is 6.65. The average Bonchev–Trinajstić information content (AvgIpc) is 3.28. The minimum atomic E-state index is 0.0144. The fourth-order valence-electron chi connectivity index (χ4n) is 4.22. The Morgan fingerprint density at radius 3 is 2.47 bits per heavy atom. The molecular formula is C26H24N4OS. The second kappa shape index (κ2) is 9.40. The zero-order valence-electron chi connectivity index (χ0n) is 17.6. The number of thioether (sulfide) groups is 1. The first-order valence-corrected chi connectivity index (χ1v) is 11.8. The molecular weight excluding hydrogens is 416 g/mol. The highest BCUT2D eigenvalue weighted by atomic mass is 32.2. The van der Waals surface area contributed by atoms with Gasteiger partial charge in [-0.05, 0) is 42.5 Å². The van der Waals surface area contributed by atoms with Gasteiger partial charge in [-0.1, -0.05) is 84.6 Å². The number of fused-ring (bicyclic) bond motifs is 1. The van der Waals surface area contributed by atoms with Crippen molar-refractivity contribution in [2.75, 3.05) is 5.75 Å². The molecule has 160 valence electrons. The lowest BCUT2D eigenvalue weighted by Crippen LogP contribution is -2.32. The summed E-state index contributed by atoms with van der Waals surface area (Å²) in [4.78, 5) is 12.8. The minimum absolute atomic E-state index is 0.0144. The Morgan fingerprint density at radius 1 is 0.938 bits per heavy atom. The van der Waals surface area contributed by atoms with Crippen LogP contribution in [0.5, 0.6) is 0 Å². The number of nitrogens with zero attached hydrogens (tertiary/aromatic N) is 3. The van der Waals surface area contributed by atoms with Gasteiger partial charge in [-0.25, -0.2) is 0 Å². The van der Waals surface area contributed by atoms with Crippen LogP contribution in [0.1, 0.15) is 30.0 Å². The molecule has 1 N–H and O–H groups in total. The van der Waals surface area contributed by atoms with Crippen molar-refractivity contribution in [2.24, 2.45) is 0 Å². The van der Waals surface area contributed by atoms with Gasteiger partial charge in [0.05, 0.1) is 11.8 Å². The number of hydrogen-bond acceptors (Lipinski definition) is 4. The summed E-state index contributed by atoms with van der Waals surface area (Å²) in [5, 5.41) is 12.8. The molecule has 0 aliphatic heterocycles. The zero-order valence-corrected chi connectivity index (χ0v) is 18.5. The van der Waals surface area contributed by atoms with Gasteiger partial charge in [0.1, 0.15) is 0 Å². The molecule has 1 aliphatic rings. The summed E-state index contributed by atoms with van der Waals surface area (Å²) in [6, 6.07) is 28.5. The number of amides is 1. The zero-order chi connectivity index (χ0) is 21.8. The molecule has 1 aliphatic carbocycles. The summed E-state index contributed by atoms with van der Waals surface area (Å²) in [5.41, 5.74) is 4.54. The first-order valence-electron chi connectivity index (χ1n) is 10.9. The average molecular weight is 441 g/mol. The Hall–Kier alpha value is -3.38. The van der Waals surface area contributed by atoms with E-state index in [9.17, 15) is 4.79 Å². The number of benzene rings is 3. The first kappa shape index (κ1) is 20.5. The summed E-state index contributed by atoms with van der Waals surface area (Å²) in [6.07, 6.45) is 3.16. The van der Waals surface area contributed by atoms with Crippen LogP contribution < -0.4 is 5.32 Å². The van der Waals surface area contributed by atoms with Crippen LogP contribution in [0.15, 0.2) is 90.1 Å². The van der Waals surface area contributed by atoms with Crippen LogP contribution in [-0.2, 0) is 11.2 Å². The summed E-state index contributed by atoms with van der Waals surface area (Å²) < 4.78 is 2.02. The Morgan fingerprint density at radius 2 is 1.66 bits per heavy atom. The van der Waals surface area contributed by atoms with Crippen LogP contribution in [0.4, 0.5) is 0 Å². The van der Waals surface area contributed by atoms with E-state index in [4.69, 9.17) is 0 Å². The maximum absolute atomic E-state index is 12.8. The molecule has 1 aromatic heterocycles. The molecule has 1 heterocycles. The molecule has 5 rings (SSSR count). The van der Waals surface area contributed by atoms with Gasteiger partial charge in [0.2, 0.25) is 5.91 Å². The first-order chi connectivity index (χ1) is 15.8. The molecule has 4 aromatic rings. The van der Waals surface area contributed by atoms with Crippen molar-refractivity contribution in [2.45, 2.75) is 30.5 Å². The molecule has 0 spiro atoms. The number of nitrogens with one attached hydrogen (secondary N) is 1. The number of aryl methyl sites for hydroxylation is 1. The van der Waals surface area contributed by atoms with Gasteiger partial charge in [-0.2, -0.15) is 0 Å². The second-order valence-corrected chi connectivity index (χ2v) is 8.79. The molecule has 0 saturated carbocycles. The fourth-order valence-corrected chi connectivity index (χ4v) is 4.98. The lowest BCUT2D eigenvalue weighted by Gasteiger charge is -2.26. The molecule has 1 atom stereocenters. The summed E-state index contributed by atoms with van der Waals surface area (Å²) >= 11 is 1.41. The quantitative estimate of drug-likeness (QED) is 0.418. The molecule has 5 nitrogen and oxygen atoms in total. The standard InChI is InChI=1S/C26H24N4OS/c31-24(27-23-17-9-13-19-10-7-8-16-22(19)23)18-32-26-29-28-25(20-11-3-1-4-12-20)30(26)21-14-5-2-6-15-21/h1-8,10-12,14-16,23H,9,13,17-18H2,(H,27,31). The molecule has 0 bridgehead atoms. The van der Waals surface area contributed by atoms with E-state index in [2.05, 4.69) is 33.7 Å². The van der Waals surface area contributed by atoms with Crippen LogP contribution in [0.25, 0.3) is 17.1 Å². The molecule has 1 amide bonds. The lowest BCUT2D eigenvalue weighted by atomic mass is 9.88. The normalized spacial score (nSPS) is 15.2. The fraction of sp³-hybridized carbons (Fsp3) is 0.192. The van der Waals surface area contributed by atoms with Crippen LogP contribution in [0.2, 0.25) is 0 Å². The van der Waals surface area contributed by atoms with Gasteiger partial charge >= 0.3 is 0 Å². The van der Waals surface area contributed by atoms with Crippen molar-refractivity contribution >= 4 is 17.7 Å². The summed E-state index contributed by atoms with van der Waals surface area (Å²) in [5.74, 6) is 1.07. The highest BCUT2D eigenvalue weighted by Crippen LogP contribution is 2.30. The molecule has 1 unspecified atom stereocenters. The van der Waals surface area contributed by atoms with Crippen LogP contribution in [0.3, 0.4) is 0 Å². The van der Waals surface area contributed by atoms with Crippen molar-refractivity contribution in [1.82, 2.24) is 20.1 Å². The van der Waals surface area contributed by atoms with Crippen molar-refractivity contribution in [3.05, 3.63) is 96.1 Å². The number of carbonyl (C=O) groups excluding carboxylic acids is 1. The van der Waals surface area contributed by atoms with E-state index in [-0.39, 0.29) is 11.9 Å². The van der Waals surface area contributed by atoms with Crippen LogP contribution >= 0.6 is 11.8 Å². The van der Waals surface area contributed by atoms with Gasteiger partial charge in [0, 0.05) is 11.3 Å². The van der Waals surface area contributed by atoms with E-state index < -0.39 is 0 Å². The number of para-hydroxylation sites is 1. The van der Waals surface area contributed by atoms with E-state index in [1.165, 1.54) is 22.9 Å². The van der Waals surface area contributed by atoms with Gasteiger partial charge in [-0.15, -0.1) is 10.2 Å². The Kier molecular flexibility index (Phi) is 6.03. The topological polar surface area (TPSA) is 59.8 Å². The Labute approximate surface area is 191 Å². The van der Waals surface area contributed by atoms with Crippen molar-refractivity contribution in [3.8, 4) is 17.1 Å². The van der Waals surface area contributed by atoms with Crippen molar-refractivity contribution in [3.63, 3.8) is 0 Å². The molecule has 3 aromatic carbocycles. The minimum Gasteiger partial charge on any atom is -0.349 e. The van der Waals surface area contributed by atoms with Gasteiger partial charge in [-0.3, -0.25) is 9.36 Å². The van der Waals surface area contributed by atoms with E-state index >= 15 is 0 Å². The largest absolute Gasteiger partial charge is 0.349 e. The predicted octanol–water partition coefficient (Wildman–Crippen LogP) is 5.22. The van der Waals surface area contributed by atoms with Crippen LogP contribution in [0, 0.1) is 0 Å². The lowest BCUT2D eigenvalue weighted by molar-refractivity contribution is -0.119. The maximum atomic E-state index is 12.8. The number of rotatable bonds is 6. The summed E-state index contributed by atoms with van der Waals surface area (Å²) in [7, 11) is 0. The maximum Gasteiger partial charge on any atom is 0.230 e. The third kappa shape index (κ3) is 4.32. The van der Waals surface area contributed by atoms with E-state index in [1.807, 2.05) is 71.3 Å². The third-order valence-electron chi connectivity index (χ3n) is 5.72. The number of carbonyl (C=O) groups is 1. The Bertz CT molecular complexity index is 1210. The highest BCUT2D eigenvalue weighted by molar-refractivity contribution is 7.99. The molecule has 6 heteroatoms. The van der Waals surface area contributed by atoms with Crippen molar-refractivity contribution in [1.29, 1.82) is 0 Å². The van der Waals surface area contributed by atoms with Gasteiger partial charge in [0.15, 0.2) is 11.0 Å². The Balaban J connectivity index is 1.35. The summed E-state index contributed by atoms with van der Waals surface area (Å²) in [6.45, 7) is 0. The molecule has 0 saturated heterocycles. The number of aromatic nitrogens is 3. The molecule has 32 heavy (non-hydrogen) atoms. The van der Waals surface area contributed by atoms with Crippen molar-refractivity contribution < 1.29 is 4.79 Å². The van der Waals surface area contributed by atoms with E-state index in [0.29, 0.717) is 10.9 Å². The second-order valence-electron chi connectivity index (χ2n) is 7.84. The highest BCUT2D eigenvalue weighted by Gasteiger charge is 2.22. The SMILES string of the molecule is O=C(CSc1nnc(-c2ccccc2)n1-c1ccccc1)NC1CCCc2ccccc21. The van der Waals surface area contributed by atoms with E-state index in [1.54, 1.807) is 0 Å². The van der Waals surface area contributed by atoms with Crippen LogP contribution in [-0.4, -0.2) is 26.4 Å². The van der Waals surface area contributed by atoms with Gasteiger partial charge in [0.25, 0.3) is 0 Å². The molecule has 0 radical (unpaired) electrons. The van der Waals surface area contributed by atoms with Gasteiger partial charge < -0.3 is 5.32 Å². The van der Waals surface area contributed by atoms with E-state index in [0.717, 1.165) is 36.3 Å². The smallest absolute Gasteiger partial charge is 0.230 e. The monoisotopic (exact) mass is 440 g/mol. The predicted molar refractivity (Wildman–Crippen MR) is 128 cm³/mol. The number of hydrogen-bond donors (Lipinski definition) is 1. The molecule has 0 fully saturated rings.